The molecule has 118 valence electrons. The topological polar surface area (TPSA) is 89.3 Å². The first-order chi connectivity index (χ1) is 8.97. The Kier molecular flexibility index (Phi) is 6.75. The van der Waals surface area contributed by atoms with Crippen LogP contribution in [0.5, 0.6) is 0 Å². The van der Waals surface area contributed by atoms with Crippen molar-refractivity contribution in [2.75, 3.05) is 5.75 Å². The number of halogens is 1. The minimum Gasteiger partial charge on any atom is -0.352 e. The van der Waals surface area contributed by atoms with Crippen molar-refractivity contribution in [3.05, 3.63) is 0 Å². The third-order valence-corrected chi connectivity index (χ3v) is 6.43. The maximum atomic E-state index is 12.1. The van der Waals surface area contributed by atoms with E-state index in [9.17, 15) is 13.2 Å². The lowest BCUT2D eigenvalue weighted by Gasteiger charge is -2.26. The number of hydrogen-bond acceptors (Lipinski definition) is 4. The van der Waals surface area contributed by atoms with Crippen molar-refractivity contribution in [3.63, 3.8) is 0 Å². The minimum absolute atomic E-state index is 0. The fraction of sp³-hybridized carbons (Fsp3) is 0.923. The molecule has 5 nitrogen and oxygen atoms in total. The van der Waals surface area contributed by atoms with Crippen LogP contribution in [0.4, 0.5) is 0 Å². The number of nitrogens with one attached hydrogen (secondary N) is 1. The molecule has 0 aromatic heterocycles. The summed E-state index contributed by atoms with van der Waals surface area (Å²) >= 11 is 0. The van der Waals surface area contributed by atoms with Gasteiger partial charge in [-0.25, -0.2) is 8.42 Å². The van der Waals surface area contributed by atoms with E-state index in [0.29, 0.717) is 12.8 Å². The zero-order valence-electron chi connectivity index (χ0n) is 11.7. The zero-order valence-corrected chi connectivity index (χ0v) is 13.3. The molecule has 2 fully saturated rings. The van der Waals surface area contributed by atoms with Crippen LogP contribution in [0.3, 0.4) is 0 Å². The Hall–Kier alpha value is -0.330. The highest BCUT2D eigenvalue weighted by Crippen LogP contribution is 2.25. The lowest BCUT2D eigenvalue weighted by molar-refractivity contribution is -0.119. The average molecular weight is 325 g/mol. The van der Waals surface area contributed by atoms with Gasteiger partial charge in [-0.15, -0.1) is 12.4 Å². The second-order valence-electron chi connectivity index (χ2n) is 5.89. The van der Waals surface area contributed by atoms with Crippen LogP contribution in [0.15, 0.2) is 0 Å². The summed E-state index contributed by atoms with van der Waals surface area (Å²) in [6, 6.07) is 0.335. The molecule has 0 saturated heterocycles. The van der Waals surface area contributed by atoms with Crippen LogP contribution in [-0.2, 0) is 14.6 Å². The van der Waals surface area contributed by atoms with Crippen molar-refractivity contribution in [2.24, 2.45) is 5.73 Å². The van der Waals surface area contributed by atoms with Crippen LogP contribution >= 0.6 is 12.4 Å². The van der Waals surface area contributed by atoms with E-state index in [2.05, 4.69) is 5.32 Å². The van der Waals surface area contributed by atoms with Gasteiger partial charge in [0.05, 0.1) is 5.25 Å². The minimum atomic E-state index is -3.26. The third-order valence-electron chi connectivity index (χ3n) is 4.28. The van der Waals surface area contributed by atoms with Gasteiger partial charge in [0.15, 0.2) is 9.84 Å². The highest BCUT2D eigenvalue weighted by molar-refractivity contribution is 7.92. The van der Waals surface area contributed by atoms with Gasteiger partial charge in [0, 0.05) is 12.1 Å². The smallest absolute Gasteiger partial charge is 0.235 e. The summed E-state index contributed by atoms with van der Waals surface area (Å²) in [5.74, 6) is -0.687. The highest BCUT2D eigenvalue weighted by atomic mass is 35.5. The van der Waals surface area contributed by atoms with E-state index in [1.165, 1.54) is 0 Å². The van der Waals surface area contributed by atoms with Gasteiger partial charge in [-0.05, 0) is 38.5 Å². The number of carbonyl (C=O) groups is 1. The average Bonchev–Trinajstić information content (AvgIpc) is 2.85. The van der Waals surface area contributed by atoms with E-state index >= 15 is 0 Å². The maximum absolute atomic E-state index is 12.1. The predicted molar refractivity (Wildman–Crippen MR) is 81.7 cm³/mol. The van der Waals surface area contributed by atoms with E-state index in [1.54, 1.807) is 0 Å². The Morgan fingerprint density at radius 2 is 1.60 bits per heavy atom. The molecule has 0 heterocycles. The molecular weight excluding hydrogens is 300 g/mol. The van der Waals surface area contributed by atoms with Gasteiger partial charge in [0.2, 0.25) is 5.91 Å². The van der Waals surface area contributed by atoms with Crippen LogP contribution in [0.1, 0.15) is 51.4 Å². The van der Waals surface area contributed by atoms with Crippen molar-refractivity contribution in [1.82, 2.24) is 5.32 Å². The molecule has 0 atom stereocenters. The summed E-state index contributed by atoms with van der Waals surface area (Å²) in [5.41, 5.74) is 5.80. The van der Waals surface area contributed by atoms with Crippen molar-refractivity contribution >= 4 is 28.2 Å². The number of hydrogen-bond donors (Lipinski definition) is 2. The lowest BCUT2D eigenvalue weighted by Crippen LogP contribution is -2.43. The molecule has 3 N–H and O–H groups in total. The summed E-state index contributed by atoms with van der Waals surface area (Å²) in [5, 5.41) is 2.55. The number of amides is 1. The molecule has 7 heteroatoms. The Bertz CT molecular complexity index is 413. The normalized spacial score (nSPS) is 27.9. The van der Waals surface area contributed by atoms with Gasteiger partial charge in [0.1, 0.15) is 5.75 Å². The summed E-state index contributed by atoms with van der Waals surface area (Å²) < 4.78 is 24.1. The summed E-state index contributed by atoms with van der Waals surface area (Å²) in [4.78, 5) is 11.8. The first kappa shape index (κ1) is 17.7. The van der Waals surface area contributed by atoms with Gasteiger partial charge < -0.3 is 11.1 Å². The molecule has 20 heavy (non-hydrogen) atoms. The van der Waals surface area contributed by atoms with Crippen LogP contribution < -0.4 is 11.1 Å². The molecule has 0 bridgehead atoms. The Labute approximate surface area is 127 Å². The Morgan fingerprint density at radius 3 is 2.15 bits per heavy atom. The highest BCUT2D eigenvalue weighted by Gasteiger charge is 2.31. The molecule has 2 saturated carbocycles. The van der Waals surface area contributed by atoms with Crippen molar-refractivity contribution in [2.45, 2.75) is 68.7 Å². The second-order valence-corrected chi connectivity index (χ2v) is 8.17. The monoisotopic (exact) mass is 324 g/mol. The van der Waals surface area contributed by atoms with Crippen LogP contribution in [0.25, 0.3) is 0 Å². The number of nitrogens with two attached hydrogens (primary N) is 1. The third kappa shape index (κ3) is 4.90. The van der Waals surface area contributed by atoms with Crippen LogP contribution in [-0.4, -0.2) is 37.4 Å². The molecule has 0 radical (unpaired) electrons. The van der Waals surface area contributed by atoms with Gasteiger partial charge >= 0.3 is 0 Å². The standard InChI is InChI=1S/C13H24N2O3S.ClH/c14-10-5-7-11(8-6-10)15-13(16)9-19(17,18)12-3-1-2-4-12;/h10-12H,1-9,14H2,(H,15,16);1H. The second kappa shape index (κ2) is 7.61. The molecule has 2 aliphatic carbocycles. The van der Waals surface area contributed by atoms with Crippen molar-refractivity contribution < 1.29 is 13.2 Å². The quantitative estimate of drug-likeness (QED) is 0.812. The fourth-order valence-corrected chi connectivity index (χ4v) is 4.82. The zero-order chi connectivity index (χ0) is 13.9. The predicted octanol–water partition coefficient (Wildman–Crippen LogP) is 1.15. The van der Waals surface area contributed by atoms with Gasteiger partial charge in [0.25, 0.3) is 0 Å². The molecule has 0 spiro atoms. The molecule has 0 aromatic rings. The lowest BCUT2D eigenvalue weighted by atomic mass is 9.92. The van der Waals surface area contributed by atoms with Gasteiger partial charge in [-0.3, -0.25) is 4.79 Å². The van der Waals surface area contributed by atoms with Crippen molar-refractivity contribution in [3.8, 4) is 0 Å². The first-order valence-electron chi connectivity index (χ1n) is 7.24. The number of carbonyl (C=O) groups excluding carboxylic acids is 1. The van der Waals surface area contributed by atoms with E-state index in [0.717, 1.165) is 38.5 Å². The molecular formula is C13H25ClN2O3S. The molecule has 0 aliphatic heterocycles. The SMILES string of the molecule is Cl.NC1CCC(NC(=O)CS(=O)(=O)C2CCCC2)CC1. The van der Waals surface area contributed by atoms with Crippen molar-refractivity contribution in [1.29, 1.82) is 0 Å². The van der Waals surface area contributed by atoms with E-state index in [1.807, 2.05) is 0 Å². The van der Waals surface area contributed by atoms with E-state index < -0.39 is 9.84 Å². The first-order valence-corrected chi connectivity index (χ1v) is 8.95. The Balaban J connectivity index is 0.00000200. The van der Waals surface area contributed by atoms with Gasteiger partial charge in [-0.1, -0.05) is 12.8 Å². The van der Waals surface area contributed by atoms with Gasteiger partial charge in [-0.2, -0.15) is 0 Å². The molecule has 0 unspecified atom stereocenters. The summed E-state index contributed by atoms with van der Waals surface area (Å²) in [6.45, 7) is 0. The fourth-order valence-electron chi connectivity index (χ4n) is 3.08. The summed E-state index contributed by atoms with van der Waals surface area (Å²) in [7, 11) is -3.26. The number of sulfone groups is 1. The van der Waals surface area contributed by atoms with E-state index in [-0.39, 0.29) is 41.4 Å². The molecule has 2 rings (SSSR count). The largest absolute Gasteiger partial charge is 0.352 e. The molecule has 0 aromatic carbocycles. The maximum Gasteiger partial charge on any atom is 0.235 e. The van der Waals surface area contributed by atoms with Crippen LogP contribution in [0.2, 0.25) is 0 Å². The van der Waals surface area contributed by atoms with Crippen LogP contribution in [0, 0.1) is 0 Å². The molecule has 1 amide bonds. The molecule has 2 aliphatic rings. The van der Waals surface area contributed by atoms with E-state index in [4.69, 9.17) is 5.73 Å². The number of rotatable bonds is 4. The Morgan fingerprint density at radius 1 is 1.05 bits per heavy atom. The summed E-state index contributed by atoms with van der Waals surface area (Å²) in [6.07, 6.45) is 6.88.